The van der Waals surface area contributed by atoms with Crippen LogP contribution >= 0.6 is 0 Å². The van der Waals surface area contributed by atoms with Crippen LogP contribution in [0.15, 0.2) is 66.1 Å². The standard InChI is InChI=1S/C18H16N.C14H22O2.Ir/c1-13(2)15-8-9-17-16(12-15)10-11-19-18(17)14-6-4-3-5-7-14;1-13(2)7-5-9-6-8-14(3,4)12(16)10(9)11(13)15;/h3-6,8-13H,1-2H3;9,15H,5-8H2,1-4H3;/q-1;;. The average Bonchev–Trinajstić information content (AvgIpc) is 2.84. The van der Waals surface area contributed by atoms with Gasteiger partial charge < -0.3 is 10.1 Å². The first-order valence-corrected chi connectivity index (χ1v) is 12.9. The number of ketones is 1. The number of benzene rings is 2. The van der Waals surface area contributed by atoms with Gasteiger partial charge in [-0.2, -0.15) is 0 Å². The Kier molecular flexibility index (Phi) is 8.63. The average molecular weight is 661 g/mol. The minimum absolute atomic E-state index is 0. The molecule has 2 aromatic carbocycles. The largest absolute Gasteiger partial charge is 0.511 e. The summed E-state index contributed by atoms with van der Waals surface area (Å²) in [6.45, 7) is 12.5. The number of fused-ring (bicyclic) bond motifs is 2. The topological polar surface area (TPSA) is 50.2 Å². The smallest absolute Gasteiger partial charge is 0.168 e. The molecule has 0 bridgehead atoms. The summed E-state index contributed by atoms with van der Waals surface area (Å²) in [7, 11) is 0. The van der Waals surface area contributed by atoms with E-state index in [4.69, 9.17) is 0 Å². The molecule has 0 saturated heterocycles. The van der Waals surface area contributed by atoms with E-state index < -0.39 is 0 Å². The van der Waals surface area contributed by atoms with Crippen LogP contribution in [0.4, 0.5) is 0 Å². The summed E-state index contributed by atoms with van der Waals surface area (Å²) in [5.74, 6) is 1.40. The molecule has 1 heterocycles. The van der Waals surface area contributed by atoms with Crippen LogP contribution in [0.25, 0.3) is 22.0 Å². The van der Waals surface area contributed by atoms with Crippen LogP contribution in [0.1, 0.15) is 78.7 Å². The molecule has 1 saturated carbocycles. The number of aliphatic hydroxyl groups excluding tert-OH is 1. The fourth-order valence-electron chi connectivity index (χ4n) is 5.26. The maximum atomic E-state index is 12.4. The summed E-state index contributed by atoms with van der Waals surface area (Å²) in [5.41, 5.74) is 3.66. The van der Waals surface area contributed by atoms with Crippen molar-refractivity contribution in [2.45, 2.75) is 73.1 Å². The van der Waals surface area contributed by atoms with Gasteiger partial charge in [0, 0.05) is 42.7 Å². The molecule has 3 aromatic rings. The van der Waals surface area contributed by atoms with Gasteiger partial charge in [-0.25, -0.2) is 0 Å². The van der Waals surface area contributed by atoms with Gasteiger partial charge >= 0.3 is 0 Å². The molecule has 1 N–H and O–H groups in total. The van der Waals surface area contributed by atoms with E-state index in [-0.39, 0.29) is 36.7 Å². The first kappa shape index (κ1) is 28.3. The van der Waals surface area contributed by atoms with Crippen molar-refractivity contribution < 1.29 is 30.0 Å². The van der Waals surface area contributed by atoms with Crippen molar-refractivity contribution in [2.75, 3.05) is 0 Å². The molecule has 4 heteroatoms. The van der Waals surface area contributed by atoms with E-state index in [2.05, 4.69) is 55.2 Å². The molecule has 1 fully saturated rings. The van der Waals surface area contributed by atoms with Crippen LogP contribution in [0.3, 0.4) is 0 Å². The SMILES string of the molecule is CC(C)c1ccc2c(-c3[c-]cccc3)nccc2c1.CC1(C)CCC2CCC(C)(C)C(O)=C2C1=O.[Ir]. The van der Waals surface area contributed by atoms with E-state index in [1.165, 1.54) is 16.3 Å². The third kappa shape index (κ3) is 5.66. The Morgan fingerprint density at radius 3 is 2.33 bits per heavy atom. The van der Waals surface area contributed by atoms with Gasteiger partial charge in [0.1, 0.15) is 5.76 Å². The third-order valence-electron chi connectivity index (χ3n) is 7.82. The minimum atomic E-state index is -0.284. The normalized spacial score (nSPS) is 20.3. The fraction of sp³-hybridized carbons (Fsp3) is 0.438. The second-order valence-electron chi connectivity index (χ2n) is 11.7. The second-order valence-corrected chi connectivity index (χ2v) is 11.7. The number of rotatable bonds is 2. The minimum Gasteiger partial charge on any atom is -0.511 e. The van der Waals surface area contributed by atoms with Crippen molar-refractivity contribution in [3.05, 3.63) is 77.7 Å². The zero-order valence-electron chi connectivity index (χ0n) is 22.3. The number of Topliss-reactive ketones (excluding diaryl/α,β-unsaturated/α-hetero) is 1. The predicted molar refractivity (Wildman–Crippen MR) is 144 cm³/mol. The van der Waals surface area contributed by atoms with Gasteiger partial charge in [-0.3, -0.25) is 4.79 Å². The summed E-state index contributed by atoms with van der Waals surface area (Å²) in [6.07, 6.45) is 5.92. The third-order valence-corrected chi connectivity index (χ3v) is 7.82. The van der Waals surface area contributed by atoms with Gasteiger partial charge in [0.2, 0.25) is 0 Å². The Morgan fingerprint density at radius 2 is 1.69 bits per heavy atom. The molecule has 1 atom stereocenters. The quantitative estimate of drug-likeness (QED) is 0.281. The molecule has 1 radical (unpaired) electrons. The molecule has 5 rings (SSSR count). The molecule has 1 unspecified atom stereocenters. The second kappa shape index (κ2) is 11.0. The predicted octanol–water partition coefficient (Wildman–Crippen LogP) is 8.45. The molecular formula is C32H38IrNO2-. The maximum Gasteiger partial charge on any atom is 0.168 e. The number of carbonyl (C=O) groups is 1. The Labute approximate surface area is 229 Å². The van der Waals surface area contributed by atoms with Crippen LogP contribution in [0.5, 0.6) is 0 Å². The van der Waals surface area contributed by atoms with Crippen LogP contribution in [0.2, 0.25) is 0 Å². The van der Waals surface area contributed by atoms with E-state index in [0.717, 1.165) is 42.5 Å². The van der Waals surface area contributed by atoms with Crippen molar-refractivity contribution >= 4 is 16.6 Å². The van der Waals surface area contributed by atoms with E-state index in [1.54, 1.807) is 0 Å². The zero-order chi connectivity index (χ0) is 25.4. The molecule has 193 valence electrons. The van der Waals surface area contributed by atoms with Gasteiger partial charge in [0.25, 0.3) is 0 Å². The Bertz CT molecular complexity index is 1260. The summed E-state index contributed by atoms with van der Waals surface area (Å²) in [5, 5.41) is 12.7. The number of hydrogen-bond acceptors (Lipinski definition) is 3. The monoisotopic (exact) mass is 661 g/mol. The van der Waals surface area contributed by atoms with Gasteiger partial charge in [0.05, 0.1) is 0 Å². The van der Waals surface area contributed by atoms with E-state index in [1.807, 2.05) is 52.1 Å². The van der Waals surface area contributed by atoms with E-state index in [0.29, 0.717) is 17.6 Å². The van der Waals surface area contributed by atoms with Crippen LogP contribution < -0.4 is 0 Å². The van der Waals surface area contributed by atoms with Crippen LogP contribution in [0, 0.1) is 22.8 Å². The molecule has 2 aliphatic carbocycles. The number of nitrogens with zero attached hydrogens (tertiary/aromatic N) is 1. The number of allylic oxidation sites excluding steroid dienone is 2. The summed E-state index contributed by atoms with van der Waals surface area (Å²) in [4.78, 5) is 16.9. The van der Waals surface area contributed by atoms with Crippen molar-refractivity contribution in [3.63, 3.8) is 0 Å². The molecule has 3 nitrogen and oxygen atoms in total. The number of aromatic nitrogens is 1. The van der Waals surface area contributed by atoms with Crippen molar-refractivity contribution in [3.8, 4) is 11.3 Å². The fourth-order valence-corrected chi connectivity index (χ4v) is 5.26. The van der Waals surface area contributed by atoms with Gasteiger partial charge in [-0.1, -0.05) is 59.7 Å². The van der Waals surface area contributed by atoms with Crippen LogP contribution in [-0.2, 0) is 24.9 Å². The molecular weight excluding hydrogens is 623 g/mol. The molecule has 0 amide bonds. The van der Waals surface area contributed by atoms with Crippen molar-refractivity contribution in [1.29, 1.82) is 0 Å². The first-order valence-electron chi connectivity index (χ1n) is 12.9. The van der Waals surface area contributed by atoms with Crippen molar-refractivity contribution in [2.24, 2.45) is 16.7 Å². The Morgan fingerprint density at radius 1 is 1.00 bits per heavy atom. The first-order chi connectivity index (χ1) is 16.5. The molecule has 0 spiro atoms. The van der Waals surface area contributed by atoms with E-state index >= 15 is 0 Å². The van der Waals surface area contributed by atoms with Gasteiger partial charge in [-0.15, -0.1) is 35.9 Å². The van der Waals surface area contributed by atoms with Gasteiger partial charge in [0.15, 0.2) is 5.78 Å². The number of hydrogen-bond donors (Lipinski definition) is 1. The zero-order valence-corrected chi connectivity index (χ0v) is 24.7. The van der Waals surface area contributed by atoms with Crippen LogP contribution in [-0.4, -0.2) is 15.9 Å². The Balaban J connectivity index is 0.000000198. The summed E-state index contributed by atoms with van der Waals surface area (Å²) in [6, 6.07) is 19.9. The Hall–Kier alpha value is -2.29. The van der Waals surface area contributed by atoms with Crippen molar-refractivity contribution in [1.82, 2.24) is 4.98 Å². The molecule has 0 aliphatic heterocycles. The number of pyridine rings is 1. The summed E-state index contributed by atoms with van der Waals surface area (Å²) >= 11 is 0. The van der Waals surface area contributed by atoms with E-state index in [9.17, 15) is 9.90 Å². The molecule has 1 aromatic heterocycles. The number of aliphatic hydroxyl groups is 1. The molecule has 2 aliphatic rings. The summed E-state index contributed by atoms with van der Waals surface area (Å²) < 4.78 is 0. The molecule has 36 heavy (non-hydrogen) atoms. The van der Waals surface area contributed by atoms with Gasteiger partial charge in [-0.05, 0) is 65.6 Å². The maximum absolute atomic E-state index is 12.4. The number of carbonyl (C=O) groups excluding carboxylic acids is 1.